The highest BCUT2D eigenvalue weighted by molar-refractivity contribution is 6.32. The second-order valence-corrected chi connectivity index (χ2v) is 6.50. The summed E-state index contributed by atoms with van der Waals surface area (Å²) in [4.78, 5) is 15.3. The monoisotopic (exact) mass is 415 g/mol. The van der Waals surface area contributed by atoms with Crippen LogP contribution in [0, 0.1) is 5.82 Å². The Kier molecular flexibility index (Phi) is 4.97. The number of nitrogens with zero attached hydrogens (tertiary/aromatic N) is 2. The van der Waals surface area contributed by atoms with Crippen molar-refractivity contribution in [2.75, 3.05) is 0 Å². The van der Waals surface area contributed by atoms with Gasteiger partial charge in [-0.25, -0.2) is 9.37 Å². The van der Waals surface area contributed by atoms with Crippen molar-refractivity contribution in [3.8, 4) is 11.5 Å². The minimum atomic E-state index is -4.75. The van der Waals surface area contributed by atoms with E-state index in [0.29, 0.717) is 23.2 Å². The number of aliphatic carboxylic acids is 1. The lowest BCUT2D eigenvalue weighted by molar-refractivity contribution is -0.307. The van der Waals surface area contributed by atoms with Crippen molar-refractivity contribution in [3.63, 3.8) is 0 Å². The molecule has 0 N–H and O–H groups in total. The average molecular weight is 416 g/mol. The van der Waals surface area contributed by atoms with Gasteiger partial charge in [0, 0.05) is 13.1 Å². The number of rotatable bonds is 4. The summed E-state index contributed by atoms with van der Waals surface area (Å²) in [6.45, 7) is 1.42. The number of hydrogen-bond donors (Lipinski definition) is 0. The van der Waals surface area contributed by atoms with Gasteiger partial charge < -0.3 is 19.2 Å². The first-order valence-corrected chi connectivity index (χ1v) is 8.28. The van der Waals surface area contributed by atoms with Crippen LogP contribution in [-0.4, -0.2) is 15.5 Å². The van der Waals surface area contributed by atoms with E-state index in [1.165, 1.54) is 29.7 Å². The Morgan fingerprint density at radius 1 is 1.29 bits per heavy atom. The van der Waals surface area contributed by atoms with Gasteiger partial charge in [0.1, 0.15) is 11.6 Å². The van der Waals surface area contributed by atoms with Crippen molar-refractivity contribution in [3.05, 3.63) is 52.6 Å². The summed E-state index contributed by atoms with van der Waals surface area (Å²) in [5.74, 6) is -3.76. The number of halogens is 5. The summed E-state index contributed by atoms with van der Waals surface area (Å²) in [7, 11) is 1.58. The molecule has 3 aromatic rings. The number of aromatic nitrogens is 2. The van der Waals surface area contributed by atoms with E-state index >= 15 is 0 Å². The minimum Gasteiger partial charge on any atom is -0.549 e. The van der Waals surface area contributed by atoms with Gasteiger partial charge in [-0.2, -0.15) is 13.2 Å². The van der Waals surface area contributed by atoms with Crippen molar-refractivity contribution in [2.45, 2.75) is 19.0 Å². The lowest BCUT2D eigenvalue weighted by Gasteiger charge is -2.13. The lowest BCUT2D eigenvalue weighted by Crippen LogP contribution is -2.29. The number of alkyl halides is 3. The standard InChI is InChI=1S/C18H13ClF4N2O3/c1-8(17(26)27)16-24-13-4-3-10(7-14(13)25(16)2)28-15-11(19)5-9(6-12(15)20)18(21,22)23/h3-8H,1-2H3,(H,26,27)/p-1. The zero-order valence-corrected chi connectivity index (χ0v) is 15.2. The minimum absolute atomic E-state index is 0.0868. The lowest BCUT2D eigenvalue weighted by atomic mass is 10.2. The van der Waals surface area contributed by atoms with Crippen LogP contribution in [0.4, 0.5) is 17.6 Å². The molecule has 0 saturated carbocycles. The molecule has 0 aliphatic heterocycles. The molecule has 0 aliphatic carbocycles. The first-order chi connectivity index (χ1) is 13.0. The molecule has 0 amide bonds. The quantitative estimate of drug-likeness (QED) is 0.603. The number of ether oxygens (including phenoxy) is 1. The van der Waals surface area contributed by atoms with Gasteiger partial charge in [0.2, 0.25) is 0 Å². The van der Waals surface area contributed by atoms with E-state index in [9.17, 15) is 27.5 Å². The maximum Gasteiger partial charge on any atom is 0.416 e. The van der Waals surface area contributed by atoms with Crippen LogP contribution < -0.4 is 9.84 Å². The second kappa shape index (κ2) is 6.97. The zero-order valence-electron chi connectivity index (χ0n) is 14.5. The number of aryl methyl sites for hydroxylation is 1. The normalized spacial score (nSPS) is 13.0. The average Bonchev–Trinajstić information content (AvgIpc) is 2.92. The van der Waals surface area contributed by atoms with Gasteiger partial charge in [-0.15, -0.1) is 0 Å². The topological polar surface area (TPSA) is 67.2 Å². The summed E-state index contributed by atoms with van der Waals surface area (Å²) >= 11 is 5.77. The van der Waals surface area contributed by atoms with E-state index in [1.54, 1.807) is 7.05 Å². The van der Waals surface area contributed by atoms with Crippen LogP contribution in [0.1, 0.15) is 24.2 Å². The molecule has 2 aromatic carbocycles. The molecular weight excluding hydrogens is 404 g/mol. The van der Waals surface area contributed by atoms with Crippen LogP contribution in [0.3, 0.4) is 0 Å². The molecule has 1 aromatic heterocycles. The fourth-order valence-electron chi connectivity index (χ4n) is 2.68. The Hall–Kier alpha value is -2.81. The smallest absolute Gasteiger partial charge is 0.416 e. The number of hydrogen-bond acceptors (Lipinski definition) is 4. The number of carbonyl (C=O) groups excluding carboxylic acids is 1. The Bertz CT molecular complexity index is 1060. The summed E-state index contributed by atoms with van der Waals surface area (Å²) in [6, 6.07) is 5.23. The zero-order chi connectivity index (χ0) is 20.8. The van der Waals surface area contributed by atoms with Crippen molar-refractivity contribution >= 4 is 28.6 Å². The number of fused-ring (bicyclic) bond motifs is 1. The molecule has 1 heterocycles. The van der Waals surface area contributed by atoms with Crippen LogP contribution in [0.15, 0.2) is 30.3 Å². The van der Waals surface area contributed by atoms with Crippen molar-refractivity contribution in [1.82, 2.24) is 9.55 Å². The van der Waals surface area contributed by atoms with Gasteiger partial charge in [0.15, 0.2) is 11.6 Å². The number of benzene rings is 2. The van der Waals surface area contributed by atoms with E-state index in [-0.39, 0.29) is 11.6 Å². The molecule has 0 bridgehead atoms. The van der Waals surface area contributed by atoms with E-state index < -0.39 is 40.2 Å². The number of carboxylic acids is 1. The Balaban J connectivity index is 2.00. The third kappa shape index (κ3) is 3.62. The number of carboxylic acid groups (broad SMARTS) is 1. The van der Waals surface area contributed by atoms with Crippen LogP contribution in [0.25, 0.3) is 11.0 Å². The van der Waals surface area contributed by atoms with Gasteiger partial charge >= 0.3 is 6.18 Å². The second-order valence-electron chi connectivity index (χ2n) is 6.09. The Morgan fingerprint density at radius 3 is 2.54 bits per heavy atom. The van der Waals surface area contributed by atoms with E-state index in [2.05, 4.69) is 4.98 Å². The van der Waals surface area contributed by atoms with Crippen molar-refractivity contribution in [2.24, 2.45) is 7.05 Å². The SMILES string of the molecule is CC(C(=O)[O-])c1nc2ccc(Oc3c(F)cc(C(F)(F)F)cc3Cl)cc2n1C. The fraction of sp³-hybridized carbons (Fsp3) is 0.222. The Labute approximate surface area is 161 Å². The van der Waals surface area contributed by atoms with Gasteiger partial charge in [0.25, 0.3) is 0 Å². The highest BCUT2D eigenvalue weighted by Gasteiger charge is 2.32. The molecule has 0 spiro atoms. The van der Waals surface area contributed by atoms with Gasteiger partial charge in [0.05, 0.1) is 33.5 Å². The van der Waals surface area contributed by atoms with Crippen LogP contribution in [0.2, 0.25) is 5.02 Å². The molecule has 0 radical (unpaired) electrons. The summed E-state index contributed by atoms with van der Waals surface area (Å²) in [6.07, 6.45) is -4.75. The largest absolute Gasteiger partial charge is 0.549 e. The fourth-order valence-corrected chi connectivity index (χ4v) is 2.93. The maximum absolute atomic E-state index is 14.1. The summed E-state index contributed by atoms with van der Waals surface area (Å²) in [5, 5.41) is 10.5. The van der Waals surface area contributed by atoms with Crippen molar-refractivity contribution in [1.29, 1.82) is 0 Å². The highest BCUT2D eigenvalue weighted by Crippen LogP contribution is 2.39. The number of carbonyl (C=O) groups is 1. The molecule has 10 heteroatoms. The molecule has 1 atom stereocenters. The van der Waals surface area contributed by atoms with Crippen molar-refractivity contribution < 1.29 is 32.2 Å². The van der Waals surface area contributed by atoms with Gasteiger partial charge in [-0.05, 0) is 24.3 Å². The molecule has 28 heavy (non-hydrogen) atoms. The molecular formula is C18H12ClF4N2O3-. The first-order valence-electron chi connectivity index (χ1n) is 7.90. The van der Waals surface area contributed by atoms with Gasteiger partial charge in [-0.3, -0.25) is 0 Å². The molecule has 0 fully saturated rings. The van der Waals surface area contributed by atoms with E-state index in [4.69, 9.17) is 16.3 Å². The van der Waals surface area contributed by atoms with E-state index in [0.717, 1.165) is 0 Å². The third-order valence-electron chi connectivity index (χ3n) is 4.17. The molecule has 1 unspecified atom stereocenters. The molecule has 3 rings (SSSR count). The first kappa shape index (κ1) is 19.9. The predicted molar refractivity (Wildman–Crippen MR) is 90.6 cm³/mol. The summed E-state index contributed by atoms with van der Waals surface area (Å²) in [5.41, 5.74) is -0.300. The predicted octanol–water partition coefficient (Wildman–Crippen LogP) is 4.03. The molecule has 5 nitrogen and oxygen atoms in total. The number of imidazole rings is 1. The summed E-state index contributed by atoms with van der Waals surface area (Å²) < 4.78 is 59.2. The van der Waals surface area contributed by atoms with Crippen LogP contribution in [-0.2, 0) is 18.0 Å². The molecule has 0 aliphatic rings. The third-order valence-corrected chi connectivity index (χ3v) is 4.45. The Morgan fingerprint density at radius 2 is 1.96 bits per heavy atom. The highest BCUT2D eigenvalue weighted by atomic mass is 35.5. The molecule has 148 valence electrons. The maximum atomic E-state index is 14.1. The molecule has 0 saturated heterocycles. The van der Waals surface area contributed by atoms with Crippen LogP contribution >= 0.6 is 11.6 Å². The van der Waals surface area contributed by atoms with Gasteiger partial charge in [-0.1, -0.05) is 18.5 Å². The van der Waals surface area contributed by atoms with E-state index in [1.807, 2.05) is 0 Å². The van der Waals surface area contributed by atoms with Crippen LogP contribution in [0.5, 0.6) is 11.5 Å².